The Morgan fingerprint density at radius 3 is 2.95 bits per heavy atom. The Balaban J connectivity index is 1.72. The molecule has 5 heteroatoms. The van der Waals surface area contributed by atoms with Crippen LogP contribution in [0.4, 0.5) is 0 Å². The number of likely N-dealkylation sites (N-methyl/N-ethyl adjacent to an activating group) is 1. The van der Waals surface area contributed by atoms with Gasteiger partial charge in [0.1, 0.15) is 11.9 Å². The van der Waals surface area contributed by atoms with Crippen molar-refractivity contribution in [1.29, 1.82) is 0 Å². The van der Waals surface area contributed by atoms with Crippen molar-refractivity contribution in [2.45, 2.75) is 30.4 Å². The van der Waals surface area contributed by atoms with Gasteiger partial charge in [0.15, 0.2) is 0 Å². The lowest BCUT2D eigenvalue weighted by Crippen LogP contribution is -2.46. The Bertz CT molecular complexity index is 601. The summed E-state index contributed by atoms with van der Waals surface area (Å²) in [6, 6.07) is 13.0. The normalized spacial score (nSPS) is 18.9. The van der Waals surface area contributed by atoms with E-state index in [4.69, 9.17) is 4.74 Å². The van der Waals surface area contributed by atoms with E-state index in [-0.39, 0.29) is 6.10 Å². The molecule has 1 aliphatic heterocycles. The smallest absolute Gasteiger partial charge is 0.133 e. The summed E-state index contributed by atoms with van der Waals surface area (Å²) in [5.41, 5.74) is 0. The van der Waals surface area contributed by atoms with Crippen LogP contribution in [0.1, 0.15) is 11.8 Å². The second kappa shape index (κ2) is 7.18. The van der Waals surface area contributed by atoms with E-state index < -0.39 is 0 Å². The number of ether oxygens (including phenoxy) is 1. The topological polar surface area (TPSA) is 21.3 Å². The van der Waals surface area contributed by atoms with Gasteiger partial charge in [0.05, 0.1) is 3.79 Å². The maximum absolute atomic E-state index is 6.24. The molecule has 0 amide bonds. The zero-order valence-corrected chi connectivity index (χ0v) is 15.1. The van der Waals surface area contributed by atoms with Crippen LogP contribution in [0.2, 0.25) is 0 Å². The Labute approximate surface area is 142 Å². The third kappa shape index (κ3) is 3.83. The standard InChI is InChI=1S/C16H18BrNOS2/c1-2-18-12(9-11-7-8-16(17)21-11)14-10-20-15-6-4-3-5-13(15)19-14/h3-8,12,14,18H,2,9-10H2,1H3. The van der Waals surface area contributed by atoms with Gasteiger partial charge >= 0.3 is 0 Å². The van der Waals surface area contributed by atoms with Crippen LogP contribution in [0.5, 0.6) is 5.75 Å². The van der Waals surface area contributed by atoms with E-state index in [1.165, 1.54) is 13.6 Å². The van der Waals surface area contributed by atoms with E-state index in [1.807, 2.05) is 17.8 Å². The number of rotatable bonds is 5. The summed E-state index contributed by atoms with van der Waals surface area (Å²) in [5.74, 6) is 2.02. The largest absolute Gasteiger partial charge is 0.487 e. The van der Waals surface area contributed by atoms with Gasteiger partial charge in [-0.2, -0.15) is 0 Å². The number of para-hydroxylation sites is 1. The number of benzene rings is 1. The number of fused-ring (bicyclic) bond motifs is 1. The SMILES string of the molecule is CCNC(Cc1ccc(Br)s1)C1CSc2ccccc2O1. The highest BCUT2D eigenvalue weighted by Gasteiger charge is 2.28. The van der Waals surface area contributed by atoms with Gasteiger partial charge in [0.2, 0.25) is 0 Å². The van der Waals surface area contributed by atoms with Gasteiger partial charge in [-0.25, -0.2) is 0 Å². The summed E-state index contributed by atoms with van der Waals surface area (Å²) in [5, 5.41) is 3.59. The first-order valence-corrected chi connectivity index (χ1v) is 9.72. The molecule has 1 aliphatic rings. The number of nitrogens with one attached hydrogen (secondary N) is 1. The van der Waals surface area contributed by atoms with Crippen molar-refractivity contribution in [3.63, 3.8) is 0 Å². The van der Waals surface area contributed by atoms with Crippen molar-refractivity contribution in [1.82, 2.24) is 5.32 Å². The van der Waals surface area contributed by atoms with Crippen molar-refractivity contribution in [2.75, 3.05) is 12.3 Å². The van der Waals surface area contributed by atoms with Crippen LogP contribution < -0.4 is 10.1 Å². The van der Waals surface area contributed by atoms with E-state index in [0.29, 0.717) is 6.04 Å². The van der Waals surface area contributed by atoms with Gasteiger partial charge in [-0.1, -0.05) is 19.1 Å². The van der Waals surface area contributed by atoms with Gasteiger partial charge in [0.25, 0.3) is 0 Å². The quantitative estimate of drug-likeness (QED) is 0.815. The Hall–Kier alpha value is -0.490. The summed E-state index contributed by atoms with van der Waals surface area (Å²) in [6.45, 7) is 3.12. The summed E-state index contributed by atoms with van der Waals surface area (Å²) < 4.78 is 7.43. The minimum atomic E-state index is 0.214. The maximum atomic E-state index is 6.24. The fourth-order valence-corrected chi connectivity index (χ4v) is 5.13. The van der Waals surface area contributed by atoms with Crippen LogP contribution in [-0.4, -0.2) is 24.4 Å². The van der Waals surface area contributed by atoms with Crippen molar-refractivity contribution < 1.29 is 4.74 Å². The lowest BCUT2D eigenvalue weighted by molar-refractivity contribution is 0.166. The molecule has 3 rings (SSSR count). The zero-order chi connectivity index (χ0) is 14.7. The molecule has 0 radical (unpaired) electrons. The average molecular weight is 384 g/mol. The monoisotopic (exact) mass is 383 g/mol. The summed E-state index contributed by atoms with van der Waals surface area (Å²) in [6.07, 6.45) is 1.23. The van der Waals surface area contributed by atoms with Gasteiger partial charge in [-0.3, -0.25) is 0 Å². The molecule has 0 saturated carbocycles. The second-order valence-corrected chi connectivity index (χ2v) is 8.60. The predicted molar refractivity (Wildman–Crippen MR) is 94.8 cm³/mol. The van der Waals surface area contributed by atoms with Crippen LogP contribution in [0.3, 0.4) is 0 Å². The van der Waals surface area contributed by atoms with E-state index in [2.05, 4.69) is 58.5 Å². The van der Waals surface area contributed by atoms with Crippen LogP contribution in [0.25, 0.3) is 0 Å². The fourth-order valence-electron chi connectivity index (χ4n) is 2.51. The minimum Gasteiger partial charge on any atom is -0.487 e. The van der Waals surface area contributed by atoms with Crippen molar-refractivity contribution in [3.05, 3.63) is 45.1 Å². The molecule has 1 aromatic carbocycles. The number of hydrogen-bond donors (Lipinski definition) is 1. The molecule has 112 valence electrons. The van der Waals surface area contributed by atoms with E-state index >= 15 is 0 Å². The van der Waals surface area contributed by atoms with Gasteiger partial charge in [-0.05, 0) is 46.7 Å². The highest BCUT2D eigenvalue weighted by molar-refractivity contribution is 9.11. The third-order valence-electron chi connectivity index (χ3n) is 3.50. The molecule has 2 atom stereocenters. The minimum absolute atomic E-state index is 0.214. The van der Waals surface area contributed by atoms with Gasteiger partial charge < -0.3 is 10.1 Å². The number of thiophene rings is 1. The van der Waals surface area contributed by atoms with Crippen molar-refractivity contribution >= 4 is 39.0 Å². The van der Waals surface area contributed by atoms with Crippen LogP contribution in [-0.2, 0) is 6.42 Å². The summed E-state index contributed by atoms with van der Waals surface area (Å²) >= 11 is 7.24. The molecule has 2 aromatic rings. The Morgan fingerprint density at radius 2 is 2.19 bits per heavy atom. The Kier molecular flexibility index (Phi) is 5.27. The highest BCUT2D eigenvalue weighted by Crippen LogP contribution is 2.36. The molecule has 0 aliphatic carbocycles. The number of thioether (sulfide) groups is 1. The van der Waals surface area contributed by atoms with Gasteiger partial charge in [0, 0.05) is 28.0 Å². The van der Waals surface area contributed by atoms with Crippen molar-refractivity contribution in [3.8, 4) is 5.75 Å². The number of hydrogen-bond acceptors (Lipinski definition) is 4. The predicted octanol–water partition coefficient (Wildman–Crippen LogP) is 4.58. The van der Waals surface area contributed by atoms with Crippen LogP contribution in [0.15, 0.2) is 45.1 Å². The zero-order valence-electron chi connectivity index (χ0n) is 11.8. The Morgan fingerprint density at radius 1 is 1.33 bits per heavy atom. The molecule has 2 unspecified atom stereocenters. The fraction of sp³-hybridized carbons (Fsp3) is 0.375. The molecule has 0 fully saturated rings. The average Bonchev–Trinajstić information content (AvgIpc) is 2.91. The molecule has 2 heterocycles. The lowest BCUT2D eigenvalue weighted by atomic mass is 10.1. The summed E-state index contributed by atoms with van der Waals surface area (Å²) in [4.78, 5) is 2.64. The molecule has 1 N–H and O–H groups in total. The second-order valence-electron chi connectivity index (χ2n) is 4.99. The molecule has 0 spiro atoms. The highest BCUT2D eigenvalue weighted by atomic mass is 79.9. The van der Waals surface area contributed by atoms with Gasteiger partial charge in [-0.15, -0.1) is 23.1 Å². The van der Waals surface area contributed by atoms with Crippen LogP contribution in [0, 0.1) is 0 Å². The third-order valence-corrected chi connectivity index (χ3v) is 6.29. The molecular formula is C16H18BrNOS2. The molecule has 0 bridgehead atoms. The molecular weight excluding hydrogens is 366 g/mol. The molecule has 0 saturated heterocycles. The maximum Gasteiger partial charge on any atom is 0.133 e. The van der Waals surface area contributed by atoms with Crippen LogP contribution >= 0.6 is 39.0 Å². The molecule has 1 aromatic heterocycles. The van der Waals surface area contributed by atoms with Crippen molar-refractivity contribution in [2.24, 2.45) is 0 Å². The summed E-state index contributed by atoms with van der Waals surface area (Å²) in [7, 11) is 0. The number of halogens is 1. The van der Waals surface area contributed by atoms with E-state index in [9.17, 15) is 0 Å². The molecule has 2 nitrogen and oxygen atoms in total. The van der Waals surface area contributed by atoms with E-state index in [0.717, 1.165) is 24.5 Å². The first-order chi connectivity index (χ1) is 10.3. The first-order valence-electron chi connectivity index (χ1n) is 7.12. The van der Waals surface area contributed by atoms with E-state index in [1.54, 1.807) is 11.3 Å². The first kappa shape index (κ1) is 15.4. The molecule has 21 heavy (non-hydrogen) atoms. The lowest BCUT2D eigenvalue weighted by Gasteiger charge is -2.32.